The van der Waals surface area contributed by atoms with Crippen molar-refractivity contribution in [3.05, 3.63) is 83.9 Å². The molecule has 1 fully saturated rings. The van der Waals surface area contributed by atoms with Crippen molar-refractivity contribution in [3.8, 4) is 22.8 Å². The Morgan fingerprint density at radius 2 is 1.31 bits per heavy atom. The van der Waals surface area contributed by atoms with Gasteiger partial charge in [0.05, 0.1) is 29.0 Å². The van der Waals surface area contributed by atoms with Gasteiger partial charge >= 0.3 is 12.1 Å². The van der Waals surface area contributed by atoms with Gasteiger partial charge in [0.1, 0.15) is 56.6 Å². The first-order valence-electron chi connectivity index (χ1n) is 19.4. The van der Waals surface area contributed by atoms with E-state index in [9.17, 15) is 28.3 Å². The van der Waals surface area contributed by atoms with E-state index in [0.29, 0.717) is 69.0 Å². The van der Waals surface area contributed by atoms with E-state index in [4.69, 9.17) is 9.72 Å². The number of hydrogen-bond donors (Lipinski definition) is 5. The molecule has 1 aliphatic carbocycles. The van der Waals surface area contributed by atoms with Crippen LogP contribution in [0.1, 0.15) is 74.1 Å². The van der Waals surface area contributed by atoms with Crippen molar-refractivity contribution in [1.82, 2.24) is 60.1 Å². The topological polar surface area (TPSA) is 224 Å². The quantitative estimate of drug-likeness (QED) is 0.115. The highest BCUT2D eigenvalue weighted by Gasteiger charge is 2.34. The molecule has 0 unspecified atom stereocenters. The Hall–Kier alpha value is -7.31. The summed E-state index contributed by atoms with van der Waals surface area (Å²) in [6.45, 7) is 7.51. The van der Waals surface area contributed by atoms with Crippen molar-refractivity contribution in [2.45, 2.75) is 70.6 Å². The lowest BCUT2D eigenvalue weighted by molar-refractivity contribution is 0.0476. The van der Waals surface area contributed by atoms with Crippen molar-refractivity contribution >= 4 is 62.1 Å². The van der Waals surface area contributed by atoms with Gasteiger partial charge in [-0.1, -0.05) is 0 Å². The number of aromatic nitrogens is 10. The van der Waals surface area contributed by atoms with Crippen molar-refractivity contribution in [1.29, 1.82) is 0 Å². The maximum absolute atomic E-state index is 13.8. The number of nitrogens with one attached hydrogen (secondary N) is 4. The van der Waals surface area contributed by atoms with Crippen molar-refractivity contribution in [3.63, 3.8) is 0 Å². The number of hydrogen-bond acceptors (Lipinski definition) is 10. The number of alkyl carbamates (subject to hydrolysis) is 1. The maximum Gasteiger partial charge on any atom is 0.407 e. The normalized spacial score (nSPS) is 16.8. The van der Waals surface area contributed by atoms with Gasteiger partial charge in [0.25, 0.3) is 5.91 Å². The van der Waals surface area contributed by atoms with Gasteiger partial charge in [-0.15, -0.1) is 0 Å². The van der Waals surface area contributed by atoms with Crippen molar-refractivity contribution in [2.24, 2.45) is 14.1 Å². The number of carbonyl (C=O) groups is 3. The lowest BCUT2D eigenvalue weighted by Gasteiger charge is -2.38. The van der Waals surface area contributed by atoms with E-state index in [2.05, 4.69) is 45.8 Å². The second-order valence-electron chi connectivity index (χ2n) is 16.3. The number of fused-ring (bicyclic) bond motifs is 4. The van der Waals surface area contributed by atoms with Gasteiger partial charge in [0.2, 0.25) is 0 Å². The highest BCUT2D eigenvalue weighted by atomic mass is 19.1. The molecule has 0 spiro atoms. The smallest absolute Gasteiger partial charge is 0.407 e. The van der Waals surface area contributed by atoms with Crippen LogP contribution >= 0.6 is 0 Å². The van der Waals surface area contributed by atoms with Gasteiger partial charge in [-0.25, -0.2) is 38.3 Å². The molecule has 0 bridgehead atoms. The number of amides is 2. The van der Waals surface area contributed by atoms with E-state index in [1.54, 1.807) is 48.0 Å². The third-order valence-corrected chi connectivity index (χ3v) is 10.6. The van der Waals surface area contributed by atoms with Gasteiger partial charge < -0.3 is 30.4 Å². The number of carboxylic acid groups (broad SMARTS) is 1. The van der Waals surface area contributed by atoms with Crippen LogP contribution < -0.4 is 10.6 Å². The molecule has 2 aromatic carbocycles. The minimum atomic E-state index is -1.09. The molecule has 2 amide bonds. The highest BCUT2D eigenvalue weighted by Crippen LogP contribution is 2.32. The van der Waals surface area contributed by atoms with Crippen LogP contribution in [-0.2, 0) is 18.8 Å². The molecule has 6 aromatic heterocycles. The summed E-state index contributed by atoms with van der Waals surface area (Å²) in [6, 6.07) is 8.82. The molecule has 0 radical (unpaired) electrons. The van der Waals surface area contributed by atoms with Gasteiger partial charge in [0, 0.05) is 48.8 Å². The van der Waals surface area contributed by atoms with Crippen LogP contribution in [0.15, 0.2) is 61.2 Å². The minimum Gasteiger partial charge on any atom is -0.478 e. The molecule has 8 aromatic rings. The number of carbonyl (C=O) groups excluding carboxylic acids is 2. The summed E-state index contributed by atoms with van der Waals surface area (Å²) < 4.78 is 35.7. The van der Waals surface area contributed by atoms with E-state index in [1.807, 2.05) is 27.7 Å². The number of nitrogens with zero attached hydrogens (tertiary/aromatic N) is 8. The Bertz CT molecular complexity index is 3010. The fourth-order valence-corrected chi connectivity index (χ4v) is 7.53. The Morgan fingerprint density at radius 1 is 0.820 bits per heavy atom. The summed E-state index contributed by atoms with van der Waals surface area (Å²) in [7, 11) is 3.45. The molecule has 61 heavy (non-hydrogen) atoms. The average Bonchev–Trinajstić information content (AvgIpc) is 3.98. The number of rotatable bonds is 6. The molecule has 0 saturated heterocycles. The number of ether oxygens (including phenoxy) is 1. The summed E-state index contributed by atoms with van der Waals surface area (Å²) in [5.74, 6) is -2.04. The summed E-state index contributed by atoms with van der Waals surface area (Å²) >= 11 is 0. The fourth-order valence-electron chi connectivity index (χ4n) is 7.53. The second-order valence-corrected chi connectivity index (χ2v) is 16.3. The van der Waals surface area contributed by atoms with Crippen LogP contribution in [0.25, 0.3) is 66.9 Å². The third kappa shape index (κ3) is 8.17. The predicted octanol–water partition coefficient (Wildman–Crippen LogP) is 6.96. The second kappa shape index (κ2) is 15.4. The Kier molecular flexibility index (Phi) is 10.2. The summed E-state index contributed by atoms with van der Waals surface area (Å²) in [5.41, 5.74) is 4.27. The number of carboxylic acids is 1. The van der Waals surface area contributed by atoms with Crippen LogP contribution in [-0.4, -0.2) is 89.7 Å². The lowest BCUT2D eigenvalue weighted by Crippen LogP contribution is -2.51. The van der Waals surface area contributed by atoms with Crippen LogP contribution in [0, 0.1) is 11.6 Å². The Labute approximate surface area is 346 Å². The summed E-state index contributed by atoms with van der Waals surface area (Å²) in [4.78, 5) is 60.2. The van der Waals surface area contributed by atoms with Gasteiger partial charge in [-0.2, -0.15) is 10.2 Å². The van der Waals surface area contributed by atoms with E-state index in [0.717, 1.165) is 23.6 Å². The zero-order chi connectivity index (χ0) is 43.4. The van der Waals surface area contributed by atoms with E-state index in [1.165, 1.54) is 36.7 Å². The average molecular weight is 833 g/mol. The van der Waals surface area contributed by atoms with Crippen LogP contribution in [0.2, 0.25) is 0 Å². The van der Waals surface area contributed by atoms with Crippen molar-refractivity contribution < 1.29 is 33.0 Å². The summed E-state index contributed by atoms with van der Waals surface area (Å²) in [6.07, 6.45) is 8.49. The number of aryl methyl sites for hydroxylation is 2. The predicted molar refractivity (Wildman–Crippen MR) is 222 cm³/mol. The molecule has 314 valence electrons. The number of aromatic carboxylic acids is 1. The molecule has 5 N–H and O–H groups in total. The first-order chi connectivity index (χ1) is 28.9. The molecule has 0 aliphatic heterocycles. The minimum absolute atomic E-state index is 0.00184. The van der Waals surface area contributed by atoms with E-state index >= 15 is 0 Å². The zero-order valence-corrected chi connectivity index (χ0v) is 34.1. The molecule has 0 atom stereocenters. The fraction of sp³-hybridized carbons (Fsp3) is 0.310. The Balaban J connectivity index is 0.000000190. The lowest BCUT2D eigenvalue weighted by atomic mass is 9.80. The van der Waals surface area contributed by atoms with Crippen LogP contribution in [0.4, 0.5) is 13.6 Å². The molecule has 9 rings (SSSR count). The van der Waals surface area contributed by atoms with Gasteiger partial charge in [0.15, 0.2) is 11.3 Å². The molecule has 6 heterocycles. The van der Waals surface area contributed by atoms with Crippen LogP contribution in [0.3, 0.4) is 0 Å². The molecular formula is C42H42F2N12O5. The number of halogens is 2. The largest absolute Gasteiger partial charge is 0.478 e. The first-order valence-corrected chi connectivity index (χ1v) is 19.4. The summed E-state index contributed by atoms with van der Waals surface area (Å²) in [5, 5.41) is 25.6. The number of benzene rings is 2. The van der Waals surface area contributed by atoms with Crippen LogP contribution in [0.5, 0.6) is 0 Å². The molecule has 1 saturated carbocycles. The third-order valence-electron chi connectivity index (χ3n) is 10.6. The molecule has 1 aliphatic rings. The SMILES string of the molecule is Cn1nc(-c2cnc3[nH]cc(C(=O)NC4(C)CCC(NC(=O)OC(C)(C)C)CC4)c3n2)c2ccc(F)cc21.Cn1nc(-c2cnc3[nH]cc(C(=O)O)c3n2)c2ccc(F)cc21. The molecule has 17 nitrogen and oxygen atoms in total. The van der Waals surface area contributed by atoms with Crippen molar-refractivity contribution in [2.75, 3.05) is 0 Å². The van der Waals surface area contributed by atoms with E-state index < -0.39 is 23.2 Å². The maximum atomic E-state index is 13.8. The molecular weight excluding hydrogens is 791 g/mol. The number of aromatic amines is 2. The zero-order valence-electron chi connectivity index (χ0n) is 34.1. The number of H-pyrrole nitrogens is 2. The standard InChI is InChI=1S/C27H32FN7O3.C15H10FN5O2/c1-26(2,3)38-25(37)31-16-8-10-27(4,11-9-16)33-24(36)18-13-29-23-22(18)32-19(14-30-23)21-17-7-6-15(28)12-20(17)35(5)34-21;1-21-11-4-7(16)2-3-8(11)12(20-21)10-6-18-14-13(19-10)9(5-17-14)15(22)23/h6-7,12-14,16H,8-11H2,1-5H3,(H,29,30)(H,31,37)(H,33,36);2-6H,1H3,(H,17,18)(H,22,23). The van der Waals surface area contributed by atoms with Gasteiger partial charge in [-0.3, -0.25) is 14.2 Å². The van der Waals surface area contributed by atoms with Gasteiger partial charge in [-0.05, 0) is 89.8 Å². The molecule has 19 heteroatoms. The van der Waals surface area contributed by atoms with E-state index in [-0.39, 0.29) is 34.7 Å². The monoisotopic (exact) mass is 832 g/mol. The highest BCUT2D eigenvalue weighted by molar-refractivity contribution is 6.05. The Morgan fingerprint density at radius 3 is 1.80 bits per heavy atom. The first kappa shape index (κ1) is 40.5.